The summed E-state index contributed by atoms with van der Waals surface area (Å²) in [4.78, 5) is 4.98. The summed E-state index contributed by atoms with van der Waals surface area (Å²) >= 11 is 0. The second-order valence-corrected chi connectivity index (χ2v) is 7.08. The lowest BCUT2D eigenvalue weighted by Gasteiger charge is -2.26. The van der Waals surface area contributed by atoms with E-state index < -0.39 is 11.7 Å². The molecule has 3 rings (SSSR count). The molecule has 0 atom stereocenters. The maximum Gasteiger partial charge on any atom is 0.407 e. The molecule has 154 valence electrons. The van der Waals surface area contributed by atoms with Crippen molar-refractivity contribution in [2.24, 2.45) is 5.92 Å². The molecule has 0 unspecified atom stereocenters. The molecule has 0 radical (unpaired) electrons. The predicted octanol–water partition coefficient (Wildman–Crippen LogP) is 5.95. The molecule has 0 amide bonds. The number of rotatable bonds is 9. The van der Waals surface area contributed by atoms with E-state index in [-0.39, 0.29) is 5.69 Å². The summed E-state index contributed by atoms with van der Waals surface area (Å²) in [7, 11) is 1.60. The first-order valence-electron chi connectivity index (χ1n) is 9.51. The van der Waals surface area contributed by atoms with Gasteiger partial charge in [-0.05, 0) is 61.6 Å². The number of hydrogen-bond acceptors (Lipinski definition) is 3. The van der Waals surface area contributed by atoms with Gasteiger partial charge in [-0.1, -0.05) is 6.07 Å². The zero-order valence-corrected chi connectivity index (χ0v) is 16.2. The summed E-state index contributed by atoms with van der Waals surface area (Å²) in [5.41, 5.74) is -0.739. The number of ether oxygens (including phenoxy) is 2. The van der Waals surface area contributed by atoms with E-state index in [0.717, 1.165) is 37.0 Å². The minimum absolute atomic E-state index is 0.365. The Kier molecular flexibility index (Phi) is 6.53. The van der Waals surface area contributed by atoms with Gasteiger partial charge in [-0.25, -0.2) is 4.85 Å². The molecule has 0 spiro atoms. The van der Waals surface area contributed by atoms with Gasteiger partial charge in [0.25, 0.3) is 0 Å². The van der Waals surface area contributed by atoms with Crippen molar-refractivity contribution in [2.45, 2.75) is 25.4 Å². The van der Waals surface area contributed by atoms with E-state index >= 15 is 0 Å². The maximum atomic E-state index is 13.3. The fourth-order valence-electron chi connectivity index (χ4n) is 3.10. The third-order valence-electron chi connectivity index (χ3n) is 4.85. The Balaban J connectivity index is 1.64. The minimum atomic E-state index is -4.54. The van der Waals surface area contributed by atoms with Crippen molar-refractivity contribution >= 4 is 11.4 Å². The van der Waals surface area contributed by atoms with Gasteiger partial charge < -0.3 is 14.4 Å². The molecule has 2 aromatic rings. The lowest BCUT2D eigenvalue weighted by molar-refractivity contribution is -0.136. The number of nitrogens with zero attached hydrogens (tertiary/aromatic N) is 2. The molecule has 1 aliphatic rings. The van der Waals surface area contributed by atoms with Gasteiger partial charge in [0.05, 0.1) is 25.9 Å². The van der Waals surface area contributed by atoms with Crippen LogP contribution >= 0.6 is 0 Å². The van der Waals surface area contributed by atoms with Crippen molar-refractivity contribution < 1.29 is 22.6 Å². The average molecular weight is 404 g/mol. The Labute approximate surface area is 168 Å². The van der Waals surface area contributed by atoms with Gasteiger partial charge in [0.1, 0.15) is 11.5 Å². The van der Waals surface area contributed by atoms with Crippen molar-refractivity contribution in [1.82, 2.24) is 0 Å². The molecule has 0 heterocycles. The van der Waals surface area contributed by atoms with Crippen molar-refractivity contribution in [3.63, 3.8) is 0 Å². The van der Waals surface area contributed by atoms with Gasteiger partial charge in [-0.2, -0.15) is 13.2 Å². The van der Waals surface area contributed by atoms with E-state index in [1.165, 1.54) is 6.07 Å². The average Bonchev–Trinajstić information content (AvgIpc) is 3.53. The summed E-state index contributed by atoms with van der Waals surface area (Å²) in [5, 5.41) is 0. The van der Waals surface area contributed by atoms with E-state index in [2.05, 4.69) is 4.85 Å². The quantitative estimate of drug-likeness (QED) is 0.382. The third kappa shape index (κ3) is 5.80. The van der Waals surface area contributed by atoms with Gasteiger partial charge in [0, 0.05) is 18.8 Å². The molecule has 1 saturated carbocycles. The molecule has 0 aromatic heterocycles. The van der Waals surface area contributed by atoms with Gasteiger partial charge >= 0.3 is 6.18 Å². The summed E-state index contributed by atoms with van der Waals surface area (Å²) in [6.07, 6.45) is -1.67. The van der Waals surface area contributed by atoms with Crippen molar-refractivity contribution in [2.75, 3.05) is 31.7 Å². The maximum absolute atomic E-state index is 13.3. The van der Waals surface area contributed by atoms with Gasteiger partial charge in [0.15, 0.2) is 5.69 Å². The highest BCUT2D eigenvalue weighted by Crippen LogP contribution is 2.39. The van der Waals surface area contributed by atoms with Crippen molar-refractivity contribution in [1.29, 1.82) is 0 Å². The summed E-state index contributed by atoms with van der Waals surface area (Å²) < 4.78 is 50.8. The minimum Gasteiger partial charge on any atom is -0.497 e. The van der Waals surface area contributed by atoms with E-state index in [4.69, 9.17) is 16.0 Å². The topological polar surface area (TPSA) is 26.1 Å². The molecule has 2 aromatic carbocycles. The zero-order chi connectivity index (χ0) is 20.9. The molecule has 29 heavy (non-hydrogen) atoms. The lowest BCUT2D eigenvalue weighted by atomic mass is 10.1. The number of methoxy groups -OCH3 is 1. The van der Waals surface area contributed by atoms with Gasteiger partial charge in [-0.15, -0.1) is 0 Å². The van der Waals surface area contributed by atoms with Crippen molar-refractivity contribution in [3.8, 4) is 11.5 Å². The van der Waals surface area contributed by atoms with Crippen LogP contribution in [-0.2, 0) is 6.18 Å². The molecule has 7 heteroatoms. The van der Waals surface area contributed by atoms with Crippen LogP contribution in [0.1, 0.15) is 24.8 Å². The highest BCUT2D eigenvalue weighted by Gasteiger charge is 2.34. The van der Waals surface area contributed by atoms with E-state index in [9.17, 15) is 13.2 Å². The van der Waals surface area contributed by atoms with E-state index in [0.29, 0.717) is 31.2 Å². The molecular weight excluding hydrogens is 381 g/mol. The Morgan fingerprint density at radius 3 is 2.38 bits per heavy atom. The first-order chi connectivity index (χ1) is 13.9. The monoisotopic (exact) mass is 404 g/mol. The van der Waals surface area contributed by atoms with Gasteiger partial charge in [-0.3, -0.25) is 0 Å². The molecule has 0 aliphatic heterocycles. The Morgan fingerprint density at radius 2 is 1.79 bits per heavy atom. The van der Waals surface area contributed by atoms with Crippen LogP contribution in [0, 0.1) is 12.5 Å². The number of benzene rings is 2. The Morgan fingerprint density at radius 1 is 1.10 bits per heavy atom. The molecule has 0 bridgehead atoms. The number of anilines is 1. The molecule has 0 saturated heterocycles. The number of alkyl halides is 3. The molecule has 0 N–H and O–H groups in total. The summed E-state index contributed by atoms with van der Waals surface area (Å²) in [5.74, 6) is 1.99. The van der Waals surface area contributed by atoms with Crippen LogP contribution in [0.25, 0.3) is 4.85 Å². The summed E-state index contributed by atoms with van der Waals surface area (Å²) in [6.45, 7) is 8.76. The largest absolute Gasteiger partial charge is 0.497 e. The fourth-order valence-corrected chi connectivity index (χ4v) is 3.10. The number of halogens is 3. The predicted molar refractivity (Wildman–Crippen MR) is 106 cm³/mol. The smallest absolute Gasteiger partial charge is 0.407 e. The van der Waals surface area contributed by atoms with Gasteiger partial charge in [0.2, 0.25) is 0 Å². The SMILES string of the molecule is [C-]#[N+]c1ccc(N(CCCOc2ccc(OC)cc2)CC2CC2)cc1C(F)(F)F. The molecular formula is C22H23F3N2O2. The van der Waals surface area contributed by atoms with Crippen LogP contribution in [0.2, 0.25) is 0 Å². The van der Waals surface area contributed by atoms with E-state index in [1.807, 2.05) is 29.2 Å². The van der Waals surface area contributed by atoms with E-state index in [1.54, 1.807) is 13.2 Å². The van der Waals surface area contributed by atoms with Crippen LogP contribution in [0.5, 0.6) is 11.5 Å². The van der Waals surface area contributed by atoms with Crippen LogP contribution in [0.4, 0.5) is 24.5 Å². The van der Waals surface area contributed by atoms with Crippen LogP contribution in [0.15, 0.2) is 42.5 Å². The van der Waals surface area contributed by atoms with Crippen LogP contribution < -0.4 is 14.4 Å². The second kappa shape index (κ2) is 9.08. The fraction of sp³-hybridized carbons (Fsp3) is 0.409. The Hall–Kier alpha value is -2.88. The highest BCUT2D eigenvalue weighted by atomic mass is 19.4. The normalized spacial score (nSPS) is 13.6. The third-order valence-corrected chi connectivity index (χ3v) is 4.85. The highest BCUT2D eigenvalue weighted by molar-refractivity contribution is 5.62. The first-order valence-corrected chi connectivity index (χ1v) is 9.51. The molecule has 4 nitrogen and oxygen atoms in total. The van der Waals surface area contributed by atoms with Crippen molar-refractivity contribution in [3.05, 3.63) is 59.4 Å². The lowest BCUT2D eigenvalue weighted by Crippen LogP contribution is -2.28. The first kappa shape index (κ1) is 20.8. The summed E-state index contributed by atoms with van der Waals surface area (Å²) in [6, 6.07) is 11.2. The second-order valence-electron chi connectivity index (χ2n) is 7.08. The number of hydrogen-bond donors (Lipinski definition) is 0. The molecule has 1 aliphatic carbocycles. The molecule has 1 fully saturated rings. The van der Waals surface area contributed by atoms with Crippen LogP contribution in [0.3, 0.4) is 0 Å². The standard InChI is InChI=1S/C22H23F3N2O2/c1-26-21-11-6-17(14-20(21)22(23,24)25)27(15-16-4-5-16)12-3-13-29-19-9-7-18(28-2)8-10-19/h6-11,14,16H,3-5,12-13,15H2,2H3. The zero-order valence-electron chi connectivity index (χ0n) is 16.2. The Bertz CT molecular complexity index is 856. The van der Waals surface area contributed by atoms with Crippen LogP contribution in [-0.4, -0.2) is 26.8 Å².